The number of unbranched alkanes of at least 4 members (excludes halogenated alkanes) is 2. The van der Waals surface area contributed by atoms with Crippen molar-refractivity contribution < 1.29 is 10.2 Å². The molecule has 0 saturated carbocycles. The molecule has 0 bridgehead atoms. The summed E-state index contributed by atoms with van der Waals surface area (Å²) in [5.74, 6) is 0. The third-order valence-electron chi connectivity index (χ3n) is 0.816. The molecule has 5 N–H and O–H groups in total. The smallest absolute Gasteiger partial charge is 0.0431 e. The highest BCUT2D eigenvalue weighted by molar-refractivity contribution is 4.35. The second-order valence-electron chi connectivity index (χ2n) is 1.51. The molecule has 0 spiro atoms. The molecule has 0 aliphatic carbocycles. The van der Waals surface area contributed by atoms with E-state index in [1.54, 1.807) is 0 Å². The third-order valence-corrected chi connectivity index (χ3v) is 0.816. The Kier molecular flexibility index (Phi) is 13.5. The van der Waals surface area contributed by atoms with Gasteiger partial charge < -0.3 is 16.4 Å². The Balaban J connectivity index is 0. The van der Waals surface area contributed by atoms with Gasteiger partial charge in [0, 0.05) is 13.2 Å². The molecule has 0 aromatic heterocycles. The number of aliphatic hydroxyl groups excluding tert-OH is 2. The van der Waals surface area contributed by atoms with Crippen molar-refractivity contribution in [2.24, 2.45) is 0 Å². The quantitative estimate of drug-likeness (QED) is 0.468. The monoisotopic (exact) mass is 121 g/mol. The van der Waals surface area contributed by atoms with Gasteiger partial charge >= 0.3 is 0 Å². The first kappa shape index (κ1) is 10.8. The van der Waals surface area contributed by atoms with Crippen LogP contribution in [0, 0.1) is 0 Å². The highest BCUT2D eigenvalue weighted by atomic mass is 16.3. The van der Waals surface area contributed by atoms with Crippen molar-refractivity contribution >= 4 is 0 Å². The third kappa shape index (κ3) is 9.30. The van der Waals surface area contributed by atoms with E-state index in [2.05, 4.69) is 0 Å². The van der Waals surface area contributed by atoms with Crippen LogP contribution in [0.15, 0.2) is 0 Å². The van der Waals surface area contributed by atoms with Crippen molar-refractivity contribution in [3.63, 3.8) is 0 Å². The number of rotatable bonds is 4. The Morgan fingerprint density at radius 1 is 0.750 bits per heavy atom. The van der Waals surface area contributed by atoms with Gasteiger partial charge in [-0.15, -0.1) is 0 Å². The van der Waals surface area contributed by atoms with E-state index in [0.29, 0.717) is 0 Å². The van der Waals surface area contributed by atoms with Crippen molar-refractivity contribution in [2.45, 2.75) is 19.3 Å². The van der Waals surface area contributed by atoms with Gasteiger partial charge in [0.1, 0.15) is 0 Å². The van der Waals surface area contributed by atoms with E-state index in [-0.39, 0.29) is 19.4 Å². The van der Waals surface area contributed by atoms with Crippen LogP contribution in [-0.2, 0) is 0 Å². The first-order chi connectivity index (χ1) is 3.41. The van der Waals surface area contributed by atoms with Crippen LogP contribution < -0.4 is 6.15 Å². The van der Waals surface area contributed by atoms with E-state index < -0.39 is 0 Å². The maximum atomic E-state index is 8.21. The zero-order valence-electron chi connectivity index (χ0n) is 5.14. The minimum absolute atomic E-state index is 0. The van der Waals surface area contributed by atoms with Gasteiger partial charge in [0.2, 0.25) is 0 Å². The summed E-state index contributed by atoms with van der Waals surface area (Å²) in [4.78, 5) is 0. The maximum absolute atomic E-state index is 8.21. The lowest BCUT2D eigenvalue weighted by molar-refractivity contribution is 0.257. The molecule has 3 nitrogen and oxygen atoms in total. The molecule has 0 aromatic carbocycles. The fraction of sp³-hybridized carbons (Fsp3) is 1.00. The molecular formula is C5H15NO2. The predicted octanol–water partition coefficient (Wildman–Crippen LogP) is 0.303. The summed E-state index contributed by atoms with van der Waals surface area (Å²) in [6.45, 7) is 0.500. The van der Waals surface area contributed by atoms with Crippen molar-refractivity contribution in [1.82, 2.24) is 6.15 Å². The molecule has 0 aliphatic rings. The second kappa shape index (κ2) is 9.99. The van der Waals surface area contributed by atoms with Crippen LogP contribution in [-0.4, -0.2) is 23.4 Å². The Morgan fingerprint density at radius 3 is 1.38 bits per heavy atom. The van der Waals surface area contributed by atoms with E-state index in [1.165, 1.54) is 0 Å². The van der Waals surface area contributed by atoms with Gasteiger partial charge in [-0.2, -0.15) is 0 Å². The highest BCUT2D eigenvalue weighted by Gasteiger charge is 1.81. The van der Waals surface area contributed by atoms with Gasteiger partial charge in [0.15, 0.2) is 0 Å². The minimum atomic E-state index is 0. The van der Waals surface area contributed by atoms with E-state index in [4.69, 9.17) is 10.2 Å². The molecule has 3 heteroatoms. The SMILES string of the molecule is N.OCCCCCO. The van der Waals surface area contributed by atoms with Crippen LogP contribution in [0.3, 0.4) is 0 Å². The number of aliphatic hydroxyl groups is 2. The van der Waals surface area contributed by atoms with Gasteiger partial charge in [0.25, 0.3) is 0 Å². The summed E-state index contributed by atoms with van der Waals surface area (Å²) in [7, 11) is 0. The molecular weight excluding hydrogens is 106 g/mol. The molecule has 0 aliphatic heterocycles. The predicted molar refractivity (Wildman–Crippen MR) is 33.0 cm³/mol. The zero-order valence-corrected chi connectivity index (χ0v) is 5.14. The van der Waals surface area contributed by atoms with Crippen LogP contribution in [0.4, 0.5) is 0 Å². The van der Waals surface area contributed by atoms with Crippen LogP contribution >= 0.6 is 0 Å². The van der Waals surface area contributed by atoms with Crippen LogP contribution in [0.2, 0.25) is 0 Å². The van der Waals surface area contributed by atoms with Crippen molar-refractivity contribution in [3.8, 4) is 0 Å². The fourth-order valence-electron chi connectivity index (χ4n) is 0.400. The Hall–Kier alpha value is -0.120. The van der Waals surface area contributed by atoms with E-state index in [9.17, 15) is 0 Å². The van der Waals surface area contributed by atoms with Crippen LogP contribution in [0.5, 0.6) is 0 Å². The number of hydrogen-bond acceptors (Lipinski definition) is 3. The maximum Gasteiger partial charge on any atom is 0.0431 e. The lowest BCUT2D eigenvalue weighted by Crippen LogP contribution is -1.85. The van der Waals surface area contributed by atoms with E-state index in [0.717, 1.165) is 19.3 Å². The average molecular weight is 121 g/mol. The number of hydrogen-bond donors (Lipinski definition) is 3. The lowest BCUT2D eigenvalue weighted by atomic mass is 10.2. The van der Waals surface area contributed by atoms with Crippen molar-refractivity contribution in [2.75, 3.05) is 13.2 Å². The summed E-state index contributed by atoms with van der Waals surface area (Å²) in [5.41, 5.74) is 0. The first-order valence-electron chi connectivity index (χ1n) is 2.63. The van der Waals surface area contributed by atoms with Gasteiger partial charge in [0.05, 0.1) is 0 Å². The van der Waals surface area contributed by atoms with Crippen molar-refractivity contribution in [3.05, 3.63) is 0 Å². The Labute approximate surface area is 49.9 Å². The van der Waals surface area contributed by atoms with E-state index in [1.807, 2.05) is 0 Å². The Bertz CT molecular complexity index is 29.6. The molecule has 0 rings (SSSR count). The molecule has 0 aromatic rings. The standard InChI is InChI=1S/C5H12O2.H3N/c6-4-2-1-3-5-7;/h6-7H,1-5H2;1H3. The van der Waals surface area contributed by atoms with Gasteiger partial charge in [-0.25, -0.2) is 0 Å². The topological polar surface area (TPSA) is 75.5 Å². The van der Waals surface area contributed by atoms with Gasteiger partial charge in [-0.1, -0.05) is 0 Å². The summed E-state index contributed by atoms with van der Waals surface area (Å²) in [5, 5.41) is 16.4. The second-order valence-corrected chi connectivity index (χ2v) is 1.51. The molecule has 0 amide bonds. The normalized spacial score (nSPS) is 8.25. The average Bonchev–Trinajstić information content (AvgIpc) is 1.69. The molecule has 52 valence electrons. The van der Waals surface area contributed by atoms with Gasteiger partial charge in [-0.05, 0) is 19.3 Å². The highest BCUT2D eigenvalue weighted by Crippen LogP contribution is 1.90. The minimum Gasteiger partial charge on any atom is -0.396 e. The Morgan fingerprint density at radius 2 is 1.12 bits per heavy atom. The van der Waals surface area contributed by atoms with Crippen LogP contribution in [0.1, 0.15) is 19.3 Å². The fourth-order valence-corrected chi connectivity index (χ4v) is 0.400. The molecule has 0 radical (unpaired) electrons. The summed E-state index contributed by atoms with van der Waals surface area (Å²) in [6, 6.07) is 0. The summed E-state index contributed by atoms with van der Waals surface area (Å²) < 4.78 is 0. The molecule has 0 saturated heterocycles. The molecule has 0 heterocycles. The summed E-state index contributed by atoms with van der Waals surface area (Å²) in [6.07, 6.45) is 2.58. The zero-order chi connectivity index (χ0) is 5.54. The molecule has 0 atom stereocenters. The summed E-state index contributed by atoms with van der Waals surface area (Å²) >= 11 is 0. The first-order valence-corrected chi connectivity index (χ1v) is 2.63. The molecule has 8 heavy (non-hydrogen) atoms. The van der Waals surface area contributed by atoms with E-state index >= 15 is 0 Å². The molecule has 0 fully saturated rings. The van der Waals surface area contributed by atoms with Crippen molar-refractivity contribution in [1.29, 1.82) is 0 Å². The van der Waals surface area contributed by atoms with Gasteiger partial charge in [-0.3, -0.25) is 0 Å². The molecule has 0 unspecified atom stereocenters. The van der Waals surface area contributed by atoms with Crippen LogP contribution in [0.25, 0.3) is 0 Å². The largest absolute Gasteiger partial charge is 0.396 e. The lowest BCUT2D eigenvalue weighted by Gasteiger charge is -1.90.